The van der Waals surface area contributed by atoms with Crippen LogP contribution in [0.5, 0.6) is 0 Å². The zero-order valence-corrected chi connectivity index (χ0v) is 16.6. The average molecular weight is 406 g/mol. The third kappa shape index (κ3) is 2.81. The molecule has 0 saturated carbocycles. The van der Waals surface area contributed by atoms with Gasteiger partial charge in [0, 0.05) is 23.7 Å². The van der Waals surface area contributed by atoms with E-state index in [-0.39, 0.29) is 5.56 Å². The summed E-state index contributed by atoms with van der Waals surface area (Å²) in [7, 11) is 1.72. The maximum atomic E-state index is 12.5. The van der Waals surface area contributed by atoms with Crippen molar-refractivity contribution in [2.45, 2.75) is 10.9 Å². The predicted octanol–water partition coefficient (Wildman–Crippen LogP) is 4.00. The summed E-state index contributed by atoms with van der Waals surface area (Å²) in [6, 6.07) is 17.7. The molecule has 0 radical (unpaired) electrons. The van der Waals surface area contributed by atoms with Crippen LogP contribution in [-0.2, 0) is 12.8 Å². The minimum absolute atomic E-state index is 0.0703. The van der Waals surface area contributed by atoms with Crippen molar-refractivity contribution in [3.05, 3.63) is 76.0 Å². The molecule has 5 aromatic rings. The lowest BCUT2D eigenvalue weighted by Crippen LogP contribution is -2.20. The van der Waals surface area contributed by atoms with E-state index in [4.69, 9.17) is 4.98 Å². The second kappa shape index (κ2) is 6.88. The van der Waals surface area contributed by atoms with E-state index in [0.717, 1.165) is 26.9 Å². The van der Waals surface area contributed by atoms with Crippen LogP contribution in [0, 0.1) is 0 Å². The molecule has 0 aliphatic carbocycles. The number of fused-ring (bicyclic) bond motifs is 3. The molecule has 0 bridgehead atoms. The first kappa shape index (κ1) is 17.2. The second-order valence-corrected chi connectivity index (χ2v) is 8.10. The van der Waals surface area contributed by atoms with Gasteiger partial charge in [0.2, 0.25) is 5.78 Å². The van der Waals surface area contributed by atoms with Gasteiger partial charge in [-0.25, -0.2) is 4.98 Å². The Morgan fingerprint density at radius 3 is 2.68 bits per heavy atom. The summed E-state index contributed by atoms with van der Waals surface area (Å²) in [4.78, 5) is 17.3. The molecule has 8 heteroatoms. The Morgan fingerprint density at radius 2 is 1.82 bits per heavy atom. The monoisotopic (exact) mass is 405 g/mol. The summed E-state index contributed by atoms with van der Waals surface area (Å²) in [6.07, 6.45) is 0. The molecular weight excluding hydrogens is 390 g/mol. The molecule has 0 saturated heterocycles. The van der Waals surface area contributed by atoms with Gasteiger partial charge in [-0.3, -0.25) is 13.8 Å². The number of para-hydroxylation sites is 1. The van der Waals surface area contributed by atoms with Gasteiger partial charge < -0.3 is 0 Å². The smallest absolute Gasteiger partial charge is 0.262 e. The molecule has 138 valence electrons. The van der Waals surface area contributed by atoms with Crippen molar-refractivity contribution in [1.29, 1.82) is 0 Å². The molecule has 6 nitrogen and oxygen atoms in total. The Balaban J connectivity index is 1.50. The van der Waals surface area contributed by atoms with E-state index in [2.05, 4.69) is 27.7 Å². The van der Waals surface area contributed by atoms with Crippen LogP contribution in [-0.4, -0.2) is 24.1 Å². The molecule has 0 atom stereocenters. The number of hydrogen-bond acceptors (Lipinski definition) is 6. The van der Waals surface area contributed by atoms with Crippen LogP contribution in [0.15, 0.2) is 69.9 Å². The van der Waals surface area contributed by atoms with E-state index in [1.807, 2.05) is 46.9 Å². The van der Waals surface area contributed by atoms with E-state index in [1.54, 1.807) is 30.1 Å². The average Bonchev–Trinajstić information content (AvgIpc) is 3.38. The summed E-state index contributed by atoms with van der Waals surface area (Å²) >= 11 is 3.20. The lowest BCUT2D eigenvalue weighted by Gasteiger charge is -2.07. The predicted molar refractivity (Wildman–Crippen MR) is 113 cm³/mol. The molecule has 0 spiro atoms. The fourth-order valence-electron chi connectivity index (χ4n) is 3.13. The van der Waals surface area contributed by atoms with Crippen LogP contribution in [0.25, 0.3) is 27.3 Å². The number of nitrogens with zero attached hydrogens (tertiary/aromatic N) is 5. The highest BCUT2D eigenvalue weighted by Crippen LogP contribution is 2.28. The SMILES string of the molecule is Cn1c(=O)c2ccccc2n2c(SCc3csc(-c4ccccc4)n3)nnc12. The van der Waals surface area contributed by atoms with E-state index < -0.39 is 0 Å². The first-order chi connectivity index (χ1) is 13.7. The summed E-state index contributed by atoms with van der Waals surface area (Å²) in [6.45, 7) is 0. The standard InChI is InChI=1S/C20H15N5OS2/c1-24-18(26)15-9-5-6-10-16(15)25-19(24)22-23-20(25)28-12-14-11-27-17(21-14)13-7-3-2-4-8-13/h2-11H,12H2,1H3. The third-order valence-corrected chi connectivity index (χ3v) is 6.42. The minimum atomic E-state index is -0.0703. The summed E-state index contributed by atoms with van der Waals surface area (Å²) < 4.78 is 3.47. The van der Waals surface area contributed by atoms with Gasteiger partial charge in [0.25, 0.3) is 5.56 Å². The van der Waals surface area contributed by atoms with Crippen molar-refractivity contribution in [2.75, 3.05) is 0 Å². The lowest BCUT2D eigenvalue weighted by molar-refractivity contribution is 0.853. The first-order valence-corrected chi connectivity index (χ1v) is 10.5. The van der Waals surface area contributed by atoms with Crippen molar-refractivity contribution in [3.8, 4) is 10.6 Å². The van der Waals surface area contributed by atoms with Crippen molar-refractivity contribution in [1.82, 2.24) is 24.1 Å². The molecule has 0 fully saturated rings. The summed E-state index contributed by atoms with van der Waals surface area (Å²) in [5.74, 6) is 1.22. The molecule has 3 heterocycles. The lowest BCUT2D eigenvalue weighted by atomic mass is 10.2. The highest BCUT2D eigenvalue weighted by Gasteiger charge is 2.15. The molecule has 0 aliphatic heterocycles. The van der Waals surface area contributed by atoms with Gasteiger partial charge in [0.15, 0.2) is 5.16 Å². The molecule has 0 unspecified atom stereocenters. The van der Waals surface area contributed by atoms with E-state index in [0.29, 0.717) is 16.9 Å². The van der Waals surface area contributed by atoms with Gasteiger partial charge in [-0.15, -0.1) is 21.5 Å². The number of rotatable bonds is 4. The largest absolute Gasteiger partial charge is 0.279 e. The Labute approximate surface area is 168 Å². The Bertz CT molecular complexity index is 1350. The van der Waals surface area contributed by atoms with Crippen molar-refractivity contribution < 1.29 is 0 Å². The van der Waals surface area contributed by atoms with Crippen LogP contribution in [0.1, 0.15) is 5.69 Å². The molecular formula is C20H15N5OS2. The van der Waals surface area contributed by atoms with E-state index >= 15 is 0 Å². The Kier molecular flexibility index (Phi) is 4.22. The highest BCUT2D eigenvalue weighted by atomic mass is 32.2. The number of thiazole rings is 1. The van der Waals surface area contributed by atoms with Crippen LogP contribution in [0.2, 0.25) is 0 Å². The van der Waals surface area contributed by atoms with Crippen LogP contribution < -0.4 is 5.56 Å². The molecule has 0 aliphatic rings. The number of hydrogen-bond donors (Lipinski definition) is 0. The highest BCUT2D eigenvalue weighted by molar-refractivity contribution is 7.98. The first-order valence-electron chi connectivity index (χ1n) is 8.68. The van der Waals surface area contributed by atoms with E-state index in [1.165, 1.54) is 4.57 Å². The number of thioether (sulfide) groups is 1. The molecule has 5 rings (SSSR count). The molecule has 0 amide bonds. The van der Waals surface area contributed by atoms with Crippen LogP contribution in [0.3, 0.4) is 0 Å². The van der Waals surface area contributed by atoms with Crippen molar-refractivity contribution >= 4 is 39.8 Å². The maximum absolute atomic E-state index is 12.5. The molecule has 0 N–H and O–H groups in total. The quantitative estimate of drug-likeness (QED) is 0.423. The van der Waals surface area contributed by atoms with Crippen LogP contribution in [0.4, 0.5) is 0 Å². The van der Waals surface area contributed by atoms with Gasteiger partial charge in [-0.1, -0.05) is 54.2 Å². The topological polar surface area (TPSA) is 65.1 Å². The van der Waals surface area contributed by atoms with Gasteiger partial charge in [-0.05, 0) is 12.1 Å². The Morgan fingerprint density at radius 1 is 1.04 bits per heavy atom. The number of aryl methyl sites for hydroxylation is 1. The van der Waals surface area contributed by atoms with E-state index in [9.17, 15) is 4.79 Å². The van der Waals surface area contributed by atoms with Gasteiger partial charge in [0.1, 0.15) is 5.01 Å². The second-order valence-electron chi connectivity index (χ2n) is 6.30. The van der Waals surface area contributed by atoms with Gasteiger partial charge in [-0.2, -0.15) is 0 Å². The molecule has 2 aromatic carbocycles. The number of aromatic nitrogens is 5. The zero-order valence-electron chi connectivity index (χ0n) is 14.9. The van der Waals surface area contributed by atoms with Crippen molar-refractivity contribution in [3.63, 3.8) is 0 Å². The normalized spacial score (nSPS) is 11.5. The summed E-state index contributed by atoms with van der Waals surface area (Å²) in [5, 5.41) is 13.0. The van der Waals surface area contributed by atoms with Crippen molar-refractivity contribution in [2.24, 2.45) is 7.05 Å². The zero-order chi connectivity index (χ0) is 19.1. The number of benzene rings is 2. The molecule has 3 aromatic heterocycles. The third-order valence-electron chi connectivity index (χ3n) is 4.52. The summed E-state index contributed by atoms with van der Waals surface area (Å²) in [5.41, 5.74) is 2.87. The van der Waals surface area contributed by atoms with Gasteiger partial charge in [0.05, 0.1) is 16.6 Å². The Hall–Kier alpha value is -2.97. The fourth-order valence-corrected chi connectivity index (χ4v) is 4.89. The van der Waals surface area contributed by atoms with Gasteiger partial charge >= 0.3 is 0 Å². The maximum Gasteiger partial charge on any atom is 0.262 e. The van der Waals surface area contributed by atoms with Crippen LogP contribution >= 0.6 is 23.1 Å². The fraction of sp³-hybridized carbons (Fsp3) is 0.100. The molecule has 28 heavy (non-hydrogen) atoms. The minimum Gasteiger partial charge on any atom is -0.279 e.